The third kappa shape index (κ3) is 1.37. The molecule has 5 unspecified atom stereocenters. The van der Waals surface area contributed by atoms with Gasteiger partial charge in [0.25, 0.3) is 0 Å². The van der Waals surface area contributed by atoms with Crippen molar-refractivity contribution in [3.8, 4) is 0 Å². The van der Waals surface area contributed by atoms with Crippen LogP contribution in [0.25, 0.3) is 0 Å². The lowest BCUT2D eigenvalue weighted by Gasteiger charge is -2.52. The Balaban J connectivity index is 1.73. The lowest BCUT2D eigenvalue weighted by Crippen LogP contribution is -2.60. The van der Waals surface area contributed by atoms with Gasteiger partial charge >= 0.3 is 0 Å². The van der Waals surface area contributed by atoms with Gasteiger partial charge in [-0.25, -0.2) is 0 Å². The number of rotatable bonds is 2. The molecule has 0 aromatic heterocycles. The molecule has 5 atom stereocenters. The zero-order chi connectivity index (χ0) is 13.3. The van der Waals surface area contributed by atoms with Crippen molar-refractivity contribution in [2.75, 3.05) is 0 Å². The van der Waals surface area contributed by atoms with Crippen molar-refractivity contribution in [2.24, 2.45) is 27.9 Å². The van der Waals surface area contributed by atoms with E-state index in [4.69, 9.17) is 10.5 Å². The topological polar surface area (TPSA) is 35.2 Å². The van der Waals surface area contributed by atoms with E-state index in [9.17, 15) is 0 Å². The number of ether oxygens (including phenoxy) is 1. The van der Waals surface area contributed by atoms with E-state index >= 15 is 0 Å². The molecule has 0 aromatic carbocycles. The van der Waals surface area contributed by atoms with Gasteiger partial charge in [-0.3, -0.25) is 0 Å². The van der Waals surface area contributed by atoms with Gasteiger partial charge < -0.3 is 10.5 Å². The van der Waals surface area contributed by atoms with E-state index in [1.54, 1.807) is 0 Å². The molecule has 0 amide bonds. The molecular weight excluding hydrogens is 222 g/mol. The maximum absolute atomic E-state index is 6.53. The van der Waals surface area contributed by atoms with E-state index in [-0.39, 0.29) is 5.41 Å². The lowest BCUT2D eigenvalue weighted by atomic mass is 9.64. The minimum absolute atomic E-state index is 0.169. The third-order valence-electron chi connectivity index (χ3n) is 7.30. The summed E-state index contributed by atoms with van der Waals surface area (Å²) in [6.45, 7) is 11.9. The maximum Gasteiger partial charge on any atom is 0.0659 e. The highest BCUT2D eigenvalue weighted by Crippen LogP contribution is 2.66. The predicted octanol–water partition coefficient (Wildman–Crippen LogP) is 3.34. The van der Waals surface area contributed by atoms with Crippen molar-refractivity contribution in [3.05, 3.63) is 0 Å². The average molecular weight is 251 g/mol. The van der Waals surface area contributed by atoms with Crippen LogP contribution in [0, 0.1) is 22.2 Å². The molecule has 2 heteroatoms. The largest absolute Gasteiger partial charge is 0.374 e. The summed E-state index contributed by atoms with van der Waals surface area (Å²) in [6.07, 6.45) is 5.90. The van der Waals surface area contributed by atoms with Crippen LogP contribution in [0.5, 0.6) is 0 Å². The SMILES string of the molecule is CC1(C)C(N)CC1OC1CC2CCC1(C)C2(C)C. The van der Waals surface area contributed by atoms with Gasteiger partial charge in [0.2, 0.25) is 0 Å². The highest BCUT2D eigenvalue weighted by atomic mass is 16.5. The Morgan fingerprint density at radius 2 is 1.67 bits per heavy atom. The van der Waals surface area contributed by atoms with Crippen LogP contribution in [-0.2, 0) is 4.74 Å². The van der Waals surface area contributed by atoms with Crippen LogP contribution in [0.2, 0.25) is 0 Å². The van der Waals surface area contributed by atoms with Crippen LogP contribution in [0.4, 0.5) is 0 Å². The van der Waals surface area contributed by atoms with E-state index in [2.05, 4.69) is 34.6 Å². The summed E-state index contributed by atoms with van der Waals surface area (Å²) in [6, 6.07) is 0.321. The first-order chi connectivity index (χ1) is 8.19. The van der Waals surface area contributed by atoms with E-state index in [0.717, 1.165) is 12.3 Å². The van der Waals surface area contributed by atoms with Crippen molar-refractivity contribution in [1.82, 2.24) is 0 Å². The predicted molar refractivity (Wildman–Crippen MR) is 74.3 cm³/mol. The number of nitrogens with two attached hydrogens (primary N) is 1. The van der Waals surface area contributed by atoms with Gasteiger partial charge in [0, 0.05) is 11.5 Å². The fourth-order valence-corrected chi connectivity index (χ4v) is 4.68. The lowest BCUT2D eigenvalue weighted by molar-refractivity contribution is -0.172. The first kappa shape index (κ1) is 12.9. The first-order valence-corrected chi connectivity index (χ1v) is 7.60. The maximum atomic E-state index is 6.53. The van der Waals surface area contributed by atoms with Crippen molar-refractivity contribution >= 4 is 0 Å². The Labute approximate surface area is 112 Å². The van der Waals surface area contributed by atoms with Crippen molar-refractivity contribution in [1.29, 1.82) is 0 Å². The molecule has 3 fully saturated rings. The van der Waals surface area contributed by atoms with Gasteiger partial charge in [-0.05, 0) is 42.4 Å². The monoisotopic (exact) mass is 251 g/mol. The second-order valence-corrected chi connectivity index (χ2v) is 8.39. The molecule has 0 radical (unpaired) electrons. The van der Waals surface area contributed by atoms with Crippen molar-refractivity contribution in [2.45, 2.75) is 78.6 Å². The first-order valence-electron chi connectivity index (χ1n) is 7.60. The van der Waals surface area contributed by atoms with E-state index in [0.29, 0.717) is 29.1 Å². The summed E-state index contributed by atoms with van der Waals surface area (Å²) < 4.78 is 6.53. The Morgan fingerprint density at radius 1 is 1.00 bits per heavy atom. The normalized spacial score (nSPS) is 52.3. The highest BCUT2D eigenvalue weighted by molar-refractivity contribution is 5.12. The van der Waals surface area contributed by atoms with Crippen LogP contribution in [0.1, 0.15) is 60.3 Å². The summed E-state index contributed by atoms with van der Waals surface area (Å²) in [4.78, 5) is 0. The molecule has 0 heterocycles. The Bertz CT molecular complexity index is 362. The van der Waals surface area contributed by atoms with E-state index in [1.807, 2.05) is 0 Å². The molecule has 3 rings (SSSR count). The Kier molecular flexibility index (Phi) is 2.53. The van der Waals surface area contributed by atoms with E-state index < -0.39 is 0 Å². The Hall–Kier alpha value is -0.0800. The smallest absolute Gasteiger partial charge is 0.0659 e. The number of fused-ring (bicyclic) bond motifs is 2. The molecule has 2 N–H and O–H groups in total. The number of hydrogen-bond donors (Lipinski definition) is 1. The summed E-state index contributed by atoms with van der Waals surface area (Å²) >= 11 is 0. The summed E-state index contributed by atoms with van der Waals surface area (Å²) in [5.74, 6) is 0.865. The quantitative estimate of drug-likeness (QED) is 0.817. The average Bonchev–Trinajstić information content (AvgIpc) is 2.61. The molecule has 3 aliphatic carbocycles. The molecular formula is C16H29NO. The molecule has 3 aliphatic rings. The van der Waals surface area contributed by atoms with Crippen molar-refractivity contribution in [3.63, 3.8) is 0 Å². The minimum Gasteiger partial charge on any atom is -0.374 e. The van der Waals surface area contributed by atoms with Crippen molar-refractivity contribution < 1.29 is 4.74 Å². The van der Waals surface area contributed by atoms with E-state index in [1.165, 1.54) is 19.3 Å². The minimum atomic E-state index is 0.169. The van der Waals surface area contributed by atoms with Crippen LogP contribution in [0.15, 0.2) is 0 Å². The fourth-order valence-electron chi connectivity index (χ4n) is 4.68. The highest BCUT2D eigenvalue weighted by Gasteiger charge is 2.63. The summed E-state index contributed by atoms with van der Waals surface area (Å²) in [5, 5.41) is 0. The van der Waals surface area contributed by atoms with Gasteiger partial charge in [-0.15, -0.1) is 0 Å². The third-order valence-corrected chi connectivity index (χ3v) is 7.30. The molecule has 0 aromatic rings. The second kappa shape index (κ2) is 3.52. The standard InChI is InChI=1S/C16H29NO/c1-14(2)11(17)9-12(14)18-13-8-10-6-7-16(13,5)15(10,3)4/h10-13H,6-9,17H2,1-5H3. The van der Waals surface area contributed by atoms with Crippen LogP contribution in [-0.4, -0.2) is 18.2 Å². The number of hydrogen-bond acceptors (Lipinski definition) is 2. The molecule has 104 valence electrons. The zero-order valence-electron chi connectivity index (χ0n) is 12.6. The second-order valence-electron chi connectivity index (χ2n) is 8.39. The molecule has 3 saturated carbocycles. The van der Waals surface area contributed by atoms with Crippen LogP contribution in [0.3, 0.4) is 0 Å². The molecule has 0 spiro atoms. The fraction of sp³-hybridized carbons (Fsp3) is 1.00. The Morgan fingerprint density at radius 3 is 2.06 bits per heavy atom. The molecule has 2 nitrogen and oxygen atoms in total. The summed E-state index contributed by atoms with van der Waals surface area (Å²) in [5.41, 5.74) is 7.11. The molecule has 18 heavy (non-hydrogen) atoms. The molecule has 0 aliphatic heterocycles. The van der Waals surface area contributed by atoms with Crippen LogP contribution >= 0.6 is 0 Å². The van der Waals surface area contributed by atoms with Gasteiger partial charge in [0.1, 0.15) is 0 Å². The molecule has 0 saturated heterocycles. The van der Waals surface area contributed by atoms with Gasteiger partial charge in [-0.2, -0.15) is 0 Å². The van der Waals surface area contributed by atoms with Gasteiger partial charge in [0.15, 0.2) is 0 Å². The summed E-state index contributed by atoms with van der Waals surface area (Å²) in [7, 11) is 0. The zero-order valence-corrected chi connectivity index (χ0v) is 12.6. The van der Waals surface area contributed by atoms with Crippen LogP contribution < -0.4 is 5.73 Å². The molecule has 2 bridgehead atoms. The van der Waals surface area contributed by atoms with Gasteiger partial charge in [-0.1, -0.05) is 34.6 Å². The van der Waals surface area contributed by atoms with Gasteiger partial charge in [0.05, 0.1) is 12.2 Å².